The molecule has 3 rings (SSSR count). The fraction of sp³-hybridized carbons (Fsp3) is 0.353. The van der Waals surface area contributed by atoms with E-state index in [4.69, 9.17) is 11.6 Å². The number of hydrogen-bond donors (Lipinski definition) is 2. The number of benzene rings is 1. The van der Waals surface area contributed by atoms with Gasteiger partial charge in [0, 0.05) is 22.0 Å². The van der Waals surface area contributed by atoms with Crippen molar-refractivity contribution in [1.82, 2.24) is 10.3 Å². The van der Waals surface area contributed by atoms with E-state index in [1.807, 2.05) is 6.92 Å². The van der Waals surface area contributed by atoms with Gasteiger partial charge in [-0.15, -0.1) is 11.3 Å². The summed E-state index contributed by atoms with van der Waals surface area (Å²) >= 11 is 7.27. The number of nitrogens with one attached hydrogen (secondary N) is 2. The highest BCUT2D eigenvalue weighted by Crippen LogP contribution is 2.38. The first-order chi connectivity index (χ1) is 11.6. The Bertz CT molecular complexity index is 758. The summed E-state index contributed by atoms with van der Waals surface area (Å²) in [6.45, 7) is 2.70. The maximum atomic E-state index is 12.2. The van der Waals surface area contributed by atoms with Crippen LogP contribution in [0, 0.1) is 0 Å². The van der Waals surface area contributed by atoms with Gasteiger partial charge in [0.15, 0.2) is 5.13 Å². The van der Waals surface area contributed by atoms with Crippen molar-refractivity contribution >= 4 is 39.9 Å². The largest absolute Gasteiger partial charge is 0.356 e. The van der Waals surface area contributed by atoms with Gasteiger partial charge in [-0.25, -0.2) is 4.98 Å². The molecule has 0 saturated carbocycles. The van der Waals surface area contributed by atoms with Crippen LogP contribution in [0.4, 0.5) is 5.13 Å². The lowest BCUT2D eigenvalue weighted by molar-refractivity contribution is -0.122. The summed E-state index contributed by atoms with van der Waals surface area (Å²) in [6, 6.07) is 6.68. The molecule has 1 unspecified atom stereocenters. The van der Waals surface area contributed by atoms with Crippen molar-refractivity contribution in [2.24, 2.45) is 0 Å². The van der Waals surface area contributed by atoms with Crippen LogP contribution in [0.5, 0.6) is 0 Å². The third-order valence-corrected chi connectivity index (χ3v) is 5.21. The molecule has 1 aliphatic rings. The third kappa shape index (κ3) is 3.60. The van der Waals surface area contributed by atoms with E-state index in [0.29, 0.717) is 22.3 Å². The molecule has 0 radical (unpaired) electrons. The number of thiazole rings is 1. The topological polar surface area (TPSA) is 71.1 Å². The van der Waals surface area contributed by atoms with Crippen molar-refractivity contribution < 1.29 is 9.59 Å². The molecule has 0 spiro atoms. The molecule has 0 aliphatic heterocycles. The number of amides is 2. The number of hydrogen-bond acceptors (Lipinski definition) is 4. The number of rotatable bonds is 5. The van der Waals surface area contributed by atoms with E-state index >= 15 is 0 Å². The van der Waals surface area contributed by atoms with E-state index in [2.05, 4.69) is 15.6 Å². The minimum atomic E-state index is -0.230. The number of carbonyl (C=O) groups excluding carboxylic acids is 2. The van der Waals surface area contributed by atoms with E-state index in [9.17, 15) is 9.59 Å². The van der Waals surface area contributed by atoms with Gasteiger partial charge in [-0.1, -0.05) is 18.5 Å². The van der Waals surface area contributed by atoms with Crippen molar-refractivity contribution in [3.8, 4) is 0 Å². The average molecular weight is 364 g/mol. The van der Waals surface area contributed by atoms with E-state index in [1.165, 1.54) is 11.3 Å². The smallest absolute Gasteiger partial charge is 0.257 e. The van der Waals surface area contributed by atoms with E-state index in [-0.39, 0.29) is 17.7 Å². The monoisotopic (exact) mass is 363 g/mol. The van der Waals surface area contributed by atoms with Crippen molar-refractivity contribution in [3.05, 3.63) is 45.4 Å². The second-order valence-electron chi connectivity index (χ2n) is 5.67. The van der Waals surface area contributed by atoms with Crippen molar-refractivity contribution in [2.75, 3.05) is 11.9 Å². The lowest BCUT2D eigenvalue weighted by atomic mass is 10.1. The van der Waals surface area contributed by atoms with Gasteiger partial charge in [0.2, 0.25) is 5.91 Å². The van der Waals surface area contributed by atoms with Crippen LogP contribution in [0.25, 0.3) is 0 Å². The molecular formula is C17H18ClN3O2S. The van der Waals surface area contributed by atoms with Crippen LogP contribution in [-0.4, -0.2) is 23.3 Å². The molecule has 1 aromatic carbocycles. The maximum absolute atomic E-state index is 12.2. The summed E-state index contributed by atoms with van der Waals surface area (Å²) in [5, 5.41) is 6.84. The summed E-state index contributed by atoms with van der Waals surface area (Å²) in [4.78, 5) is 30.0. The molecule has 0 bridgehead atoms. The van der Waals surface area contributed by atoms with Gasteiger partial charge in [0.25, 0.3) is 5.91 Å². The van der Waals surface area contributed by atoms with Crippen LogP contribution >= 0.6 is 22.9 Å². The lowest BCUT2D eigenvalue weighted by Crippen LogP contribution is -2.29. The first-order valence-electron chi connectivity index (χ1n) is 7.92. The Labute approximate surface area is 149 Å². The van der Waals surface area contributed by atoms with Crippen molar-refractivity contribution in [1.29, 1.82) is 0 Å². The highest BCUT2D eigenvalue weighted by Gasteiger charge is 2.32. The van der Waals surface area contributed by atoms with E-state index < -0.39 is 0 Å². The molecule has 0 fully saturated rings. The van der Waals surface area contributed by atoms with Crippen LogP contribution in [0.1, 0.15) is 46.6 Å². The average Bonchev–Trinajstić information content (AvgIpc) is 3.13. The molecule has 7 heteroatoms. The standard InChI is InChI=1S/C17H18ClN3O2S/c1-2-9-19-16(23)12-7-8-13-14(12)20-17(24-13)21-15(22)10-3-5-11(18)6-4-10/h3-6,12H,2,7-9H2,1H3,(H,19,23)(H,20,21,22). The lowest BCUT2D eigenvalue weighted by Gasteiger charge is -2.09. The number of carbonyl (C=O) groups is 2. The van der Waals surface area contributed by atoms with Gasteiger partial charge in [0.05, 0.1) is 11.6 Å². The van der Waals surface area contributed by atoms with Gasteiger partial charge in [-0.3, -0.25) is 14.9 Å². The molecule has 5 nitrogen and oxygen atoms in total. The van der Waals surface area contributed by atoms with E-state index in [0.717, 1.165) is 29.8 Å². The second-order valence-corrected chi connectivity index (χ2v) is 7.19. The minimum absolute atomic E-state index is 0.0245. The van der Waals surface area contributed by atoms with Gasteiger partial charge in [-0.2, -0.15) is 0 Å². The van der Waals surface area contributed by atoms with Crippen molar-refractivity contribution in [3.63, 3.8) is 0 Å². The zero-order valence-corrected chi connectivity index (χ0v) is 14.8. The molecule has 2 aromatic rings. The first-order valence-corrected chi connectivity index (χ1v) is 9.12. The van der Waals surface area contributed by atoms with Crippen LogP contribution in [0.3, 0.4) is 0 Å². The summed E-state index contributed by atoms with van der Waals surface area (Å²) in [6.07, 6.45) is 2.52. The fourth-order valence-electron chi connectivity index (χ4n) is 2.68. The number of aryl methyl sites for hydroxylation is 1. The molecule has 2 amide bonds. The van der Waals surface area contributed by atoms with E-state index in [1.54, 1.807) is 24.3 Å². The van der Waals surface area contributed by atoms with Gasteiger partial charge in [0.1, 0.15) is 0 Å². The predicted octanol–water partition coefficient (Wildman–Crippen LogP) is 3.60. The molecule has 1 aliphatic carbocycles. The minimum Gasteiger partial charge on any atom is -0.356 e. The molecule has 2 N–H and O–H groups in total. The quantitative estimate of drug-likeness (QED) is 0.852. The molecular weight excluding hydrogens is 346 g/mol. The zero-order chi connectivity index (χ0) is 17.1. The predicted molar refractivity (Wildman–Crippen MR) is 95.9 cm³/mol. The number of nitrogens with zero attached hydrogens (tertiary/aromatic N) is 1. The summed E-state index contributed by atoms with van der Waals surface area (Å²) in [5.41, 5.74) is 1.33. The molecule has 1 atom stereocenters. The van der Waals surface area contributed by atoms with Crippen molar-refractivity contribution in [2.45, 2.75) is 32.1 Å². The number of aromatic nitrogens is 1. The Morgan fingerprint density at radius 3 is 2.79 bits per heavy atom. The Kier molecular flexibility index (Phi) is 5.16. The highest BCUT2D eigenvalue weighted by atomic mass is 35.5. The first kappa shape index (κ1) is 16.9. The third-order valence-electron chi connectivity index (χ3n) is 3.91. The second kappa shape index (κ2) is 7.32. The van der Waals surface area contributed by atoms with Crippen LogP contribution in [0.15, 0.2) is 24.3 Å². The Morgan fingerprint density at radius 2 is 2.08 bits per heavy atom. The summed E-state index contributed by atoms with van der Waals surface area (Å²) < 4.78 is 0. The van der Waals surface area contributed by atoms with Crippen LogP contribution in [-0.2, 0) is 11.2 Å². The Balaban J connectivity index is 1.70. The molecule has 24 heavy (non-hydrogen) atoms. The number of anilines is 1. The highest BCUT2D eigenvalue weighted by molar-refractivity contribution is 7.16. The molecule has 126 valence electrons. The van der Waals surface area contributed by atoms with Crippen LogP contribution in [0.2, 0.25) is 5.02 Å². The maximum Gasteiger partial charge on any atom is 0.257 e. The number of halogens is 1. The van der Waals surface area contributed by atoms with Gasteiger partial charge < -0.3 is 5.32 Å². The zero-order valence-electron chi connectivity index (χ0n) is 13.3. The summed E-state index contributed by atoms with van der Waals surface area (Å²) in [5.74, 6) is -0.411. The Hall–Kier alpha value is -1.92. The SMILES string of the molecule is CCCNC(=O)C1CCc2sc(NC(=O)c3ccc(Cl)cc3)nc21. The van der Waals surface area contributed by atoms with Gasteiger partial charge in [-0.05, 0) is 43.5 Å². The number of fused-ring (bicyclic) bond motifs is 1. The Morgan fingerprint density at radius 1 is 1.33 bits per heavy atom. The fourth-order valence-corrected chi connectivity index (χ4v) is 3.84. The molecule has 1 aromatic heterocycles. The normalized spacial score (nSPS) is 15.8. The summed E-state index contributed by atoms with van der Waals surface area (Å²) in [7, 11) is 0. The molecule has 1 heterocycles. The molecule has 0 saturated heterocycles. The van der Waals surface area contributed by atoms with Crippen LogP contribution < -0.4 is 10.6 Å². The van der Waals surface area contributed by atoms with Gasteiger partial charge >= 0.3 is 0 Å².